The van der Waals surface area contributed by atoms with Crippen molar-refractivity contribution in [1.29, 1.82) is 0 Å². The van der Waals surface area contributed by atoms with Gasteiger partial charge in [-0.25, -0.2) is 0 Å². The Bertz CT molecular complexity index is 819. The average Bonchev–Trinajstić information content (AvgIpc) is 3.14. The molecule has 1 unspecified atom stereocenters. The summed E-state index contributed by atoms with van der Waals surface area (Å²) in [6.07, 6.45) is 18.4. The molecule has 1 aromatic carbocycles. The summed E-state index contributed by atoms with van der Waals surface area (Å²) in [7, 11) is 0. The van der Waals surface area contributed by atoms with Gasteiger partial charge < -0.3 is 0 Å². The van der Waals surface area contributed by atoms with E-state index in [0.29, 0.717) is 0 Å². The van der Waals surface area contributed by atoms with Gasteiger partial charge in [-0.3, -0.25) is 0 Å². The Morgan fingerprint density at radius 3 is 2.38 bits per heavy atom. The van der Waals surface area contributed by atoms with Gasteiger partial charge in [-0.2, -0.15) is 0 Å². The van der Waals surface area contributed by atoms with Crippen LogP contribution in [-0.4, -0.2) is 0 Å². The number of hydrogen-bond acceptors (Lipinski definition) is 0. The Labute approximate surface area is 189 Å². The van der Waals surface area contributed by atoms with Crippen molar-refractivity contribution in [1.82, 2.24) is 0 Å². The minimum Gasteiger partial charge on any atom is -0.147 e. The summed E-state index contributed by atoms with van der Waals surface area (Å²) in [5.41, 5.74) is 7.45. The molecule has 3 heteroatoms. The van der Waals surface area contributed by atoms with Gasteiger partial charge in [0.1, 0.15) is 0 Å². The smallest absolute Gasteiger partial charge is 0.0227 e. The summed E-state index contributed by atoms with van der Waals surface area (Å²) in [6.45, 7) is 7.15. The summed E-state index contributed by atoms with van der Waals surface area (Å²) >= 11 is 0. The van der Waals surface area contributed by atoms with Crippen molar-refractivity contribution in [3.63, 3.8) is 0 Å². The van der Waals surface area contributed by atoms with E-state index in [9.17, 15) is 0 Å². The Hall–Kier alpha value is -0.617. The van der Waals surface area contributed by atoms with Crippen LogP contribution in [0.25, 0.3) is 11.6 Å². The maximum Gasteiger partial charge on any atom is 0.0227 e. The van der Waals surface area contributed by atoms with Crippen LogP contribution in [0.3, 0.4) is 0 Å². The van der Waals surface area contributed by atoms with E-state index in [1.807, 2.05) is 0 Å². The molecule has 1 atom stereocenters. The molecule has 0 fully saturated rings. The molecule has 0 bridgehead atoms. The molecule has 26 heavy (non-hydrogen) atoms. The number of fused-ring (bicyclic) bond motifs is 3. The summed E-state index contributed by atoms with van der Waals surface area (Å²) in [6, 6.07) is 8.79. The molecule has 0 amide bonds. The zero-order valence-corrected chi connectivity index (χ0v) is 19.7. The van der Waals surface area contributed by atoms with Crippen LogP contribution in [0, 0.1) is 10.8 Å². The van der Waals surface area contributed by atoms with E-state index in [4.69, 9.17) is 0 Å². The fourth-order valence-electron chi connectivity index (χ4n) is 4.25. The van der Waals surface area contributed by atoms with Crippen molar-refractivity contribution in [3.8, 4) is 0 Å². The van der Waals surface area contributed by atoms with Gasteiger partial charge in [0.05, 0.1) is 0 Å². The molecule has 4 rings (SSSR count). The Balaban J connectivity index is 0.00000113. The van der Waals surface area contributed by atoms with E-state index in [1.165, 1.54) is 22.3 Å². The second-order valence-electron chi connectivity index (χ2n) is 7.94. The molecule has 3 aliphatic carbocycles. The minimum absolute atomic E-state index is 0. The van der Waals surface area contributed by atoms with Crippen molar-refractivity contribution in [2.45, 2.75) is 33.6 Å². The molecule has 1 aromatic rings. The topological polar surface area (TPSA) is 0 Å². The number of hydrogen-bond donors (Lipinski definition) is 0. The molecule has 0 saturated heterocycles. The van der Waals surface area contributed by atoms with Crippen molar-refractivity contribution >= 4 is 36.5 Å². The minimum atomic E-state index is 0. The van der Waals surface area contributed by atoms with Crippen LogP contribution in [0.4, 0.5) is 0 Å². The molecule has 0 aliphatic heterocycles. The molecule has 0 N–H and O–H groups in total. The fraction of sp³-hybridized carbons (Fsp3) is 0.304. The SMILES string of the molecule is CC(C)(C)C1(CC2=CC=CC2)C=CC=C2C1=Cc1ccccc12.Cl.Cl.[Zr]. The quantitative estimate of drug-likeness (QED) is 0.435. The van der Waals surface area contributed by atoms with Crippen LogP contribution in [0.2, 0.25) is 0 Å². The molecule has 0 heterocycles. The van der Waals surface area contributed by atoms with Gasteiger partial charge in [0.2, 0.25) is 0 Å². The summed E-state index contributed by atoms with van der Waals surface area (Å²) in [4.78, 5) is 0. The number of rotatable bonds is 2. The molecule has 3 aliphatic rings. The Morgan fingerprint density at radius 2 is 1.73 bits per heavy atom. The molecule has 0 spiro atoms. The molecular formula is C23H26Cl2Zr. The largest absolute Gasteiger partial charge is 0.147 e. The van der Waals surface area contributed by atoms with Crippen LogP contribution < -0.4 is 0 Å². The predicted molar refractivity (Wildman–Crippen MR) is 114 cm³/mol. The number of halogens is 2. The summed E-state index contributed by atoms with van der Waals surface area (Å²) < 4.78 is 0. The van der Waals surface area contributed by atoms with E-state index >= 15 is 0 Å². The average molecular weight is 465 g/mol. The third-order valence-corrected chi connectivity index (χ3v) is 5.66. The maximum absolute atomic E-state index is 2.45. The van der Waals surface area contributed by atoms with Crippen molar-refractivity contribution in [3.05, 3.63) is 83.0 Å². The Morgan fingerprint density at radius 1 is 1.00 bits per heavy atom. The van der Waals surface area contributed by atoms with E-state index in [0.717, 1.165) is 12.8 Å². The first kappa shape index (κ1) is 23.4. The van der Waals surface area contributed by atoms with E-state index in [1.54, 1.807) is 5.57 Å². The van der Waals surface area contributed by atoms with Gasteiger partial charge in [-0.1, -0.05) is 87.1 Å². The second-order valence-corrected chi connectivity index (χ2v) is 7.94. The van der Waals surface area contributed by atoms with Gasteiger partial charge in [0.15, 0.2) is 0 Å². The molecule has 0 nitrogen and oxygen atoms in total. The van der Waals surface area contributed by atoms with Gasteiger partial charge in [0, 0.05) is 31.6 Å². The number of benzene rings is 1. The third kappa shape index (κ3) is 3.69. The van der Waals surface area contributed by atoms with Crippen LogP contribution in [0.1, 0.15) is 44.7 Å². The summed E-state index contributed by atoms with van der Waals surface area (Å²) in [5, 5.41) is 0. The van der Waals surface area contributed by atoms with E-state index in [-0.39, 0.29) is 61.8 Å². The van der Waals surface area contributed by atoms with Gasteiger partial charge in [0.25, 0.3) is 0 Å². The maximum atomic E-state index is 2.45. The van der Waals surface area contributed by atoms with Crippen LogP contribution in [-0.2, 0) is 26.2 Å². The van der Waals surface area contributed by atoms with Crippen molar-refractivity contribution < 1.29 is 26.2 Å². The second kappa shape index (κ2) is 8.60. The first-order chi connectivity index (χ1) is 11.0. The zero-order chi connectivity index (χ0) is 16.1. The molecular weight excluding hydrogens is 438 g/mol. The molecule has 0 radical (unpaired) electrons. The normalized spacial score (nSPS) is 22.0. The van der Waals surface area contributed by atoms with E-state index < -0.39 is 0 Å². The zero-order valence-electron chi connectivity index (χ0n) is 15.6. The predicted octanol–water partition coefficient (Wildman–Crippen LogP) is 7.19. The van der Waals surface area contributed by atoms with Gasteiger partial charge >= 0.3 is 0 Å². The fourth-order valence-corrected chi connectivity index (χ4v) is 4.25. The monoisotopic (exact) mass is 462 g/mol. The molecule has 0 saturated carbocycles. The molecule has 0 aromatic heterocycles. The third-order valence-electron chi connectivity index (χ3n) is 5.66. The first-order valence-corrected chi connectivity index (χ1v) is 8.57. The van der Waals surface area contributed by atoms with Crippen LogP contribution >= 0.6 is 24.8 Å². The standard InChI is InChI=1S/C23H24.2ClH.Zr/c1-22(2,3)23(16-17-9-4-5-10-17)14-8-13-20-19-12-7-6-11-18(19)15-21(20)23;;;/h4-9,11-15H,10,16H2,1-3H3;2*1H;. The van der Waals surface area contributed by atoms with Crippen molar-refractivity contribution in [2.24, 2.45) is 10.8 Å². The van der Waals surface area contributed by atoms with E-state index in [2.05, 4.69) is 87.6 Å². The van der Waals surface area contributed by atoms with Crippen molar-refractivity contribution in [2.75, 3.05) is 0 Å². The van der Waals surface area contributed by atoms with Crippen LogP contribution in [0.5, 0.6) is 0 Å². The van der Waals surface area contributed by atoms with Crippen LogP contribution in [0.15, 0.2) is 71.9 Å². The number of allylic oxidation sites excluding steroid dienone is 9. The summed E-state index contributed by atoms with van der Waals surface area (Å²) in [5.74, 6) is 0. The van der Waals surface area contributed by atoms with Gasteiger partial charge in [-0.15, -0.1) is 24.8 Å². The molecule has 136 valence electrons. The Kier molecular flexibility index (Phi) is 7.74. The first-order valence-electron chi connectivity index (χ1n) is 8.57. The van der Waals surface area contributed by atoms with Gasteiger partial charge in [-0.05, 0) is 46.6 Å².